The Morgan fingerprint density at radius 3 is 2.60 bits per heavy atom. The van der Waals surface area contributed by atoms with Gasteiger partial charge in [-0.3, -0.25) is 0 Å². The van der Waals surface area contributed by atoms with Crippen molar-refractivity contribution in [2.75, 3.05) is 32.1 Å². The van der Waals surface area contributed by atoms with Gasteiger partial charge < -0.3 is 19.7 Å². The van der Waals surface area contributed by atoms with Crippen molar-refractivity contribution in [1.29, 1.82) is 0 Å². The van der Waals surface area contributed by atoms with E-state index >= 15 is 0 Å². The molecule has 20 heavy (non-hydrogen) atoms. The fourth-order valence-corrected chi connectivity index (χ4v) is 3.38. The second kappa shape index (κ2) is 5.62. The SMILES string of the molecule is CNC(C)c1c(OC)cccc1N1CC2CCC(C1)O2. The predicted octanol–water partition coefficient (Wildman–Crippen LogP) is 2.34. The van der Waals surface area contributed by atoms with E-state index in [0.717, 1.165) is 18.8 Å². The lowest BCUT2D eigenvalue weighted by molar-refractivity contribution is 0.0304. The van der Waals surface area contributed by atoms with Crippen LogP contribution in [0.4, 0.5) is 5.69 Å². The highest BCUT2D eigenvalue weighted by molar-refractivity contribution is 5.61. The van der Waals surface area contributed by atoms with E-state index < -0.39 is 0 Å². The molecule has 2 heterocycles. The van der Waals surface area contributed by atoms with Gasteiger partial charge in [0.1, 0.15) is 5.75 Å². The van der Waals surface area contributed by atoms with Crippen LogP contribution < -0.4 is 15.0 Å². The van der Waals surface area contributed by atoms with Crippen molar-refractivity contribution in [3.05, 3.63) is 23.8 Å². The van der Waals surface area contributed by atoms with E-state index in [1.165, 1.54) is 24.1 Å². The summed E-state index contributed by atoms with van der Waals surface area (Å²) in [6.45, 7) is 4.16. The lowest BCUT2D eigenvalue weighted by Crippen LogP contribution is -2.43. The quantitative estimate of drug-likeness (QED) is 0.915. The number of nitrogens with zero attached hydrogens (tertiary/aromatic N) is 1. The summed E-state index contributed by atoms with van der Waals surface area (Å²) in [7, 11) is 3.73. The van der Waals surface area contributed by atoms with Gasteiger partial charge in [0.2, 0.25) is 0 Å². The molecule has 2 aliphatic rings. The maximum atomic E-state index is 5.94. The molecule has 1 N–H and O–H groups in total. The van der Waals surface area contributed by atoms with Gasteiger partial charge in [-0.25, -0.2) is 0 Å². The Labute approximate surface area is 121 Å². The minimum Gasteiger partial charge on any atom is -0.496 e. The van der Waals surface area contributed by atoms with Crippen LogP contribution in [-0.2, 0) is 4.74 Å². The largest absolute Gasteiger partial charge is 0.496 e. The van der Waals surface area contributed by atoms with Crippen LogP contribution >= 0.6 is 0 Å². The van der Waals surface area contributed by atoms with Gasteiger partial charge in [-0.2, -0.15) is 0 Å². The summed E-state index contributed by atoms with van der Waals surface area (Å²) in [6, 6.07) is 6.59. The van der Waals surface area contributed by atoms with E-state index in [4.69, 9.17) is 9.47 Å². The molecule has 2 aliphatic heterocycles. The van der Waals surface area contributed by atoms with Crippen LogP contribution in [0.5, 0.6) is 5.75 Å². The Hall–Kier alpha value is -1.26. The fraction of sp³-hybridized carbons (Fsp3) is 0.625. The monoisotopic (exact) mass is 276 g/mol. The number of fused-ring (bicyclic) bond motifs is 2. The van der Waals surface area contributed by atoms with Crippen molar-refractivity contribution in [3.63, 3.8) is 0 Å². The topological polar surface area (TPSA) is 33.7 Å². The van der Waals surface area contributed by atoms with Crippen LogP contribution in [0.2, 0.25) is 0 Å². The Balaban J connectivity index is 1.96. The molecular formula is C16H24N2O2. The summed E-state index contributed by atoms with van der Waals surface area (Å²) in [5.74, 6) is 0.961. The Morgan fingerprint density at radius 2 is 2.00 bits per heavy atom. The molecule has 4 nitrogen and oxygen atoms in total. The van der Waals surface area contributed by atoms with Gasteiger partial charge in [-0.1, -0.05) is 6.07 Å². The number of methoxy groups -OCH3 is 1. The first-order valence-corrected chi connectivity index (χ1v) is 7.47. The van der Waals surface area contributed by atoms with E-state index in [2.05, 4.69) is 29.3 Å². The maximum Gasteiger partial charge on any atom is 0.125 e. The Kier molecular flexibility index (Phi) is 3.85. The molecule has 2 bridgehead atoms. The highest BCUT2D eigenvalue weighted by atomic mass is 16.5. The highest BCUT2D eigenvalue weighted by Crippen LogP contribution is 2.37. The van der Waals surface area contributed by atoms with Crippen LogP contribution in [0.3, 0.4) is 0 Å². The third kappa shape index (κ3) is 2.38. The number of ether oxygens (including phenoxy) is 2. The van der Waals surface area contributed by atoms with Crippen molar-refractivity contribution in [1.82, 2.24) is 5.32 Å². The zero-order valence-corrected chi connectivity index (χ0v) is 12.6. The summed E-state index contributed by atoms with van der Waals surface area (Å²) in [6.07, 6.45) is 3.19. The number of rotatable bonds is 4. The molecule has 0 aromatic heterocycles. The molecule has 1 aromatic carbocycles. The molecule has 0 aliphatic carbocycles. The molecule has 0 radical (unpaired) electrons. The Morgan fingerprint density at radius 1 is 1.30 bits per heavy atom. The number of anilines is 1. The number of morpholine rings is 1. The average Bonchev–Trinajstić information content (AvgIpc) is 2.83. The van der Waals surface area contributed by atoms with Crippen molar-refractivity contribution < 1.29 is 9.47 Å². The van der Waals surface area contributed by atoms with E-state index in [9.17, 15) is 0 Å². The lowest BCUT2D eigenvalue weighted by atomic mass is 10.0. The van der Waals surface area contributed by atoms with Crippen LogP contribution in [0, 0.1) is 0 Å². The van der Waals surface area contributed by atoms with E-state index in [0.29, 0.717) is 12.2 Å². The lowest BCUT2D eigenvalue weighted by Gasteiger charge is -2.36. The minimum atomic E-state index is 0.265. The normalized spacial score (nSPS) is 26.6. The second-order valence-electron chi connectivity index (χ2n) is 5.77. The fourth-order valence-electron chi connectivity index (χ4n) is 3.38. The smallest absolute Gasteiger partial charge is 0.125 e. The molecule has 3 rings (SSSR count). The second-order valence-corrected chi connectivity index (χ2v) is 5.77. The average molecular weight is 276 g/mol. The molecule has 110 valence electrons. The summed E-state index contributed by atoms with van der Waals surface area (Å²) in [4.78, 5) is 2.47. The van der Waals surface area contributed by atoms with Crippen molar-refractivity contribution in [3.8, 4) is 5.75 Å². The van der Waals surface area contributed by atoms with Gasteiger partial charge in [0.15, 0.2) is 0 Å². The first-order chi connectivity index (χ1) is 9.72. The number of hydrogen-bond acceptors (Lipinski definition) is 4. The number of benzene rings is 1. The molecule has 0 spiro atoms. The molecular weight excluding hydrogens is 252 g/mol. The van der Waals surface area contributed by atoms with Gasteiger partial charge in [-0.05, 0) is 38.9 Å². The Bertz CT molecular complexity index is 466. The summed E-state index contributed by atoms with van der Waals surface area (Å²) < 4.78 is 11.5. The molecule has 4 heteroatoms. The van der Waals surface area contributed by atoms with Crippen molar-refractivity contribution >= 4 is 5.69 Å². The van der Waals surface area contributed by atoms with Gasteiger partial charge in [-0.15, -0.1) is 0 Å². The molecule has 0 saturated carbocycles. The van der Waals surface area contributed by atoms with E-state index in [1.807, 2.05) is 13.1 Å². The third-order valence-electron chi connectivity index (χ3n) is 4.51. The summed E-state index contributed by atoms with van der Waals surface area (Å²) >= 11 is 0. The third-order valence-corrected chi connectivity index (χ3v) is 4.51. The zero-order chi connectivity index (χ0) is 14.1. The molecule has 3 unspecified atom stereocenters. The summed E-state index contributed by atoms with van der Waals surface area (Å²) in [5.41, 5.74) is 2.53. The van der Waals surface area contributed by atoms with Crippen LogP contribution in [0.25, 0.3) is 0 Å². The van der Waals surface area contributed by atoms with E-state index in [-0.39, 0.29) is 6.04 Å². The molecule has 0 amide bonds. The van der Waals surface area contributed by atoms with Gasteiger partial charge >= 0.3 is 0 Å². The predicted molar refractivity (Wildman–Crippen MR) is 80.6 cm³/mol. The minimum absolute atomic E-state index is 0.265. The van der Waals surface area contributed by atoms with Gasteiger partial charge in [0.05, 0.1) is 19.3 Å². The molecule has 1 aromatic rings. The maximum absolute atomic E-state index is 5.94. The number of nitrogens with one attached hydrogen (secondary N) is 1. The van der Waals surface area contributed by atoms with Crippen LogP contribution in [-0.4, -0.2) is 39.5 Å². The number of hydrogen-bond donors (Lipinski definition) is 1. The van der Waals surface area contributed by atoms with Gasteiger partial charge in [0, 0.05) is 30.4 Å². The van der Waals surface area contributed by atoms with Gasteiger partial charge in [0.25, 0.3) is 0 Å². The highest BCUT2D eigenvalue weighted by Gasteiger charge is 2.35. The zero-order valence-electron chi connectivity index (χ0n) is 12.6. The molecule has 2 saturated heterocycles. The molecule has 2 fully saturated rings. The van der Waals surface area contributed by atoms with Crippen molar-refractivity contribution in [2.24, 2.45) is 0 Å². The van der Waals surface area contributed by atoms with Crippen molar-refractivity contribution in [2.45, 2.75) is 38.0 Å². The van der Waals surface area contributed by atoms with Crippen LogP contribution in [0.1, 0.15) is 31.4 Å². The van der Waals surface area contributed by atoms with Crippen LogP contribution in [0.15, 0.2) is 18.2 Å². The first-order valence-electron chi connectivity index (χ1n) is 7.47. The first kappa shape index (κ1) is 13.7. The standard InChI is InChI=1S/C16H24N2O2/c1-11(17-2)16-14(5-4-6-15(16)19-3)18-9-12-7-8-13(10-18)20-12/h4-6,11-13,17H,7-10H2,1-3H3. The summed E-state index contributed by atoms with van der Waals surface area (Å²) in [5, 5.41) is 3.34. The molecule has 3 atom stereocenters. The van der Waals surface area contributed by atoms with E-state index in [1.54, 1.807) is 7.11 Å².